The third-order valence-electron chi connectivity index (χ3n) is 1.23. The Bertz CT molecular complexity index is 273. The molecule has 0 aliphatic rings. The summed E-state index contributed by atoms with van der Waals surface area (Å²) < 4.78 is 0. The second kappa shape index (κ2) is 4.15. The summed E-state index contributed by atoms with van der Waals surface area (Å²) in [6.07, 6.45) is 5.12. The van der Waals surface area contributed by atoms with Crippen molar-refractivity contribution in [3.8, 4) is 24.5 Å². The lowest BCUT2D eigenvalue weighted by Crippen LogP contribution is -1.94. The van der Waals surface area contributed by atoms with E-state index in [0.29, 0.717) is 5.57 Å². The molecule has 0 aromatic carbocycles. The van der Waals surface area contributed by atoms with Gasteiger partial charge in [0.05, 0.1) is 0 Å². The van der Waals surface area contributed by atoms with Crippen molar-refractivity contribution in [2.45, 2.75) is 13.8 Å². The van der Waals surface area contributed by atoms with Gasteiger partial charge in [-0.05, 0) is 5.92 Å². The van der Waals surface area contributed by atoms with E-state index in [1.54, 1.807) is 12.1 Å². The first kappa shape index (κ1) is 9.28. The van der Waals surface area contributed by atoms with Gasteiger partial charge in [-0.2, -0.15) is 10.5 Å². The molecule has 0 saturated carbocycles. The van der Waals surface area contributed by atoms with Crippen molar-refractivity contribution in [2.75, 3.05) is 0 Å². The molecule has 0 fully saturated rings. The fourth-order valence-electron chi connectivity index (χ4n) is 0.673. The highest BCUT2D eigenvalue weighted by atomic mass is 14.3. The average Bonchev–Trinajstić information content (AvgIpc) is 1.99. The van der Waals surface area contributed by atoms with Crippen molar-refractivity contribution >= 4 is 0 Å². The first-order valence-electron chi connectivity index (χ1n) is 3.18. The van der Waals surface area contributed by atoms with E-state index in [-0.39, 0.29) is 11.5 Å². The largest absolute Gasteiger partial charge is 0.192 e. The number of hydrogen-bond acceptors (Lipinski definition) is 2. The van der Waals surface area contributed by atoms with Gasteiger partial charge in [0.2, 0.25) is 0 Å². The van der Waals surface area contributed by atoms with Crippen LogP contribution in [0.5, 0.6) is 0 Å². The molecule has 0 aromatic heterocycles. The van der Waals surface area contributed by atoms with Crippen molar-refractivity contribution in [2.24, 2.45) is 5.92 Å². The van der Waals surface area contributed by atoms with E-state index in [1.807, 2.05) is 13.8 Å². The summed E-state index contributed by atoms with van der Waals surface area (Å²) in [5.74, 6) is 2.40. The van der Waals surface area contributed by atoms with Gasteiger partial charge in [0.1, 0.15) is 17.7 Å². The highest BCUT2D eigenvalue weighted by Gasteiger charge is 2.06. The summed E-state index contributed by atoms with van der Waals surface area (Å²) >= 11 is 0. The maximum Gasteiger partial charge on any atom is 0.141 e. The highest BCUT2D eigenvalue weighted by molar-refractivity contribution is 5.48. The summed E-state index contributed by atoms with van der Waals surface area (Å²) in [5.41, 5.74) is 0.525. The molecule has 0 atom stereocenters. The molecule has 0 radical (unpaired) electrons. The van der Waals surface area contributed by atoms with E-state index in [2.05, 4.69) is 5.92 Å². The molecule has 0 spiro atoms. The fraction of sp³-hybridized carbons (Fsp3) is 0.333. The van der Waals surface area contributed by atoms with Crippen LogP contribution in [0.1, 0.15) is 13.8 Å². The summed E-state index contributed by atoms with van der Waals surface area (Å²) in [7, 11) is 0. The fourth-order valence-corrected chi connectivity index (χ4v) is 0.673. The van der Waals surface area contributed by atoms with Crippen LogP contribution in [0, 0.1) is 40.9 Å². The van der Waals surface area contributed by atoms with Crippen LogP contribution in [0.3, 0.4) is 0 Å². The Hall–Kier alpha value is -1.72. The number of nitrogens with zero attached hydrogens (tertiary/aromatic N) is 2. The minimum Gasteiger partial charge on any atom is -0.192 e. The normalized spacial score (nSPS) is 7.64. The van der Waals surface area contributed by atoms with Crippen molar-refractivity contribution in [1.82, 2.24) is 0 Å². The standard InChI is InChI=1S/C9H8N2/c1-4-9(7(2)3)8(5-10)6-11/h1,7H,2-3H3. The van der Waals surface area contributed by atoms with Gasteiger partial charge in [-0.3, -0.25) is 0 Å². The van der Waals surface area contributed by atoms with Gasteiger partial charge in [-0.15, -0.1) is 6.42 Å². The molecular formula is C9H8N2. The summed E-state index contributed by atoms with van der Waals surface area (Å²) in [6.45, 7) is 3.70. The van der Waals surface area contributed by atoms with Gasteiger partial charge >= 0.3 is 0 Å². The van der Waals surface area contributed by atoms with Gasteiger partial charge in [0, 0.05) is 5.57 Å². The molecule has 0 aliphatic carbocycles. The maximum absolute atomic E-state index is 8.45. The summed E-state index contributed by atoms with van der Waals surface area (Å²) in [4.78, 5) is 0. The number of rotatable bonds is 1. The van der Waals surface area contributed by atoms with Crippen LogP contribution in [-0.4, -0.2) is 0 Å². The second-order valence-corrected chi connectivity index (χ2v) is 2.31. The minimum absolute atomic E-state index is 0.0440. The number of terminal acetylenes is 1. The molecule has 2 nitrogen and oxygen atoms in total. The van der Waals surface area contributed by atoms with Crippen LogP contribution in [0.15, 0.2) is 11.1 Å². The van der Waals surface area contributed by atoms with Crippen LogP contribution in [0.4, 0.5) is 0 Å². The monoisotopic (exact) mass is 144 g/mol. The van der Waals surface area contributed by atoms with Crippen molar-refractivity contribution < 1.29 is 0 Å². The summed E-state index contributed by atoms with van der Waals surface area (Å²) in [6, 6.07) is 3.52. The lowest BCUT2D eigenvalue weighted by molar-refractivity contribution is 0.795. The van der Waals surface area contributed by atoms with Crippen molar-refractivity contribution in [1.29, 1.82) is 10.5 Å². The lowest BCUT2D eigenvalue weighted by atomic mass is 9.99. The third-order valence-corrected chi connectivity index (χ3v) is 1.23. The van der Waals surface area contributed by atoms with E-state index < -0.39 is 0 Å². The molecule has 0 N–H and O–H groups in total. The molecule has 0 aliphatic heterocycles. The van der Waals surface area contributed by atoms with Gasteiger partial charge < -0.3 is 0 Å². The van der Waals surface area contributed by atoms with Gasteiger partial charge in [0.15, 0.2) is 0 Å². The van der Waals surface area contributed by atoms with E-state index in [4.69, 9.17) is 16.9 Å². The van der Waals surface area contributed by atoms with Crippen molar-refractivity contribution in [3.63, 3.8) is 0 Å². The Morgan fingerprint density at radius 2 is 1.73 bits per heavy atom. The average molecular weight is 144 g/mol. The van der Waals surface area contributed by atoms with Gasteiger partial charge in [-0.25, -0.2) is 0 Å². The molecule has 11 heavy (non-hydrogen) atoms. The predicted molar refractivity (Wildman–Crippen MR) is 41.9 cm³/mol. The molecule has 2 heteroatoms. The molecule has 0 aromatic rings. The number of nitriles is 2. The van der Waals surface area contributed by atoms with E-state index in [9.17, 15) is 0 Å². The third kappa shape index (κ3) is 2.17. The van der Waals surface area contributed by atoms with Crippen LogP contribution in [-0.2, 0) is 0 Å². The highest BCUT2D eigenvalue weighted by Crippen LogP contribution is 2.12. The van der Waals surface area contributed by atoms with Crippen LogP contribution >= 0.6 is 0 Å². The SMILES string of the molecule is C#CC(=C(C#N)C#N)C(C)C. The number of hydrogen-bond donors (Lipinski definition) is 0. The zero-order valence-electron chi connectivity index (χ0n) is 6.55. The molecule has 0 unspecified atom stereocenters. The van der Waals surface area contributed by atoms with Crippen LogP contribution in [0.2, 0.25) is 0 Å². The molecule has 0 amide bonds. The molecule has 0 bridgehead atoms. The Labute approximate surface area is 66.8 Å². The molecule has 0 heterocycles. The molecular weight excluding hydrogens is 136 g/mol. The molecule has 54 valence electrons. The maximum atomic E-state index is 8.45. The van der Waals surface area contributed by atoms with E-state index in [1.165, 1.54) is 0 Å². The second-order valence-electron chi connectivity index (χ2n) is 2.31. The number of allylic oxidation sites excluding steroid dienone is 2. The minimum atomic E-state index is 0.0440. The Morgan fingerprint density at radius 1 is 1.27 bits per heavy atom. The van der Waals surface area contributed by atoms with E-state index in [0.717, 1.165) is 0 Å². The summed E-state index contributed by atoms with van der Waals surface area (Å²) in [5, 5.41) is 16.9. The lowest BCUT2D eigenvalue weighted by Gasteiger charge is -2.01. The van der Waals surface area contributed by atoms with Gasteiger partial charge in [-0.1, -0.05) is 19.8 Å². The Balaban J connectivity index is 5.08. The molecule has 0 rings (SSSR count). The van der Waals surface area contributed by atoms with Crippen LogP contribution in [0.25, 0.3) is 0 Å². The topological polar surface area (TPSA) is 47.6 Å². The Kier molecular flexibility index (Phi) is 3.50. The zero-order chi connectivity index (χ0) is 8.85. The van der Waals surface area contributed by atoms with Crippen LogP contribution < -0.4 is 0 Å². The quantitative estimate of drug-likeness (QED) is 0.414. The first-order chi connectivity index (χ1) is 5.17. The molecule has 0 saturated heterocycles. The smallest absolute Gasteiger partial charge is 0.141 e. The first-order valence-corrected chi connectivity index (χ1v) is 3.18. The Morgan fingerprint density at radius 3 is 1.82 bits per heavy atom. The predicted octanol–water partition coefficient (Wildman–Crippen LogP) is 1.62. The van der Waals surface area contributed by atoms with Gasteiger partial charge in [0.25, 0.3) is 0 Å². The zero-order valence-corrected chi connectivity index (χ0v) is 6.55. The van der Waals surface area contributed by atoms with E-state index >= 15 is 0 Å². The van der Waals surface area contributed by atoms with Crippen molar-refractivity contribution in [3.05, 3.63) is 11.1 Å².